The molecule has 32 heavy (non-hydrogen) atoms. The number of nitrogens with zero attached hydrogens (tertiary/aromatic N) is 4. The molecular formula is C24H27F2N5O. The summed E-state index contributed by atoms with van der Waals surface area (Å²) in [4.78, 5) is 17.8. The molecule has 8 heteroatoms. The first-order valence-electron chi connectivity index (χ1n) is 10.8. The standard InChI is InChI=1S/C24H27F2N5O/c1-3-30-10-12-31(13-11-30)15-17-4-7-19(8-5-17)27-24(32)21-16-29(2)28-23(21)20-9-6-18(25)14-22(20)26/h4-9,14,16H,3,10-13,15H2,1-2H3,(H,27,32). The van der Waals surface area contributed by atoms with Gasteiger partial charge in [-0.05, 0) is 36.4 Å². The van der Waals surface area contributed by atoms with Crippen LogP contribution in [0.2, 0.25) is 0 Å². The molecule has 0 atom stereocenters. The third-order valence-electron chi connectivity index (χ3n) is 5.79. The molecule has 3 aromatic rings. The van der Waals surface area contributed by atoms with E-state index in [0.717, 1.165) is 51.4 Å². The van der Waals surface area contributed by atoms with Crippen LogP contribution < -0.4 is 5.32 Å². The van der Waals surface area contributed by atoms with Crippen molar-refractivity contribution in [2.75, 3.05) is 38.0 Å². The van der Waals surface area contributed by atoms with Crippen LogP contribution in [-0.4, -0.2) is 58.2 Å². The molecule has 6 nitrogen and oxygen atoms in total. The van der Waals surface area contributed by atoms with Gasteiger partial charge < -0.3 is 10.2 Å². The van der Waals surface area contributed by atoms with Gasteiger partial charge >= 0.3 is 0 Å². The van der Waals surface area contributed by atoms with Gasteiger partial charge in [-0.15, -0.1) is 0 Å². The van der Waals surface area contributed by atoms with Crippen LogP contribution in [0.1, 0.15) is 22.8 Å². The lowest BCUT2D eigenvalue weighted by molar-refractivity contribution is 0.102. The van der Waals surface area contributed by atoms with Crippen LogP contribution in [0.15, 0.2) is 48.7 Å². The summed E-state index contributed by atoms with van der Waals surface area (Å²) >= 11 is 0. The number of anilines is 1. The molecule has 0 radical (unpaired) electrons. The van der Waals surface area contributed by atoms with Crippen molar-refractivity contribution in [3.63, 3.8) is 0 Å². The minimum Gasteiger partial charge on any atom is -0.322 e. The number of rotatable bonds is 6. The van der Waals surface area contributed by atoms with Crippen LogP contribution in [0.4, 0.5) is 14.5 Å². The molecule has 1 fully saturated rings. The lowest BCUT2D eigenvalue weighted by Crippen LogP contribution is -2.45. The van der Waals surface area contributed by atoms with Crippen LogP contribution in [-0.2, 0) is 13.6 Å². The number of amides is 1. The summed E-state index contributed by atoms with van der Waals surface area (Å²) in [7, 11) is 1.65. The number of hydrogen-bond donors (Lipinski definition) is 1. The molecule has 1 amide bonds. The van der Waals surface area contributed by atoms with Crippen LogP contribution in [0.25, 0.3) is 11.3 Å². The zero-order chi connectivity index (χ0) is 22.7. The smallest absolute Gasteiger partial charge is 0.259 e. The first-order chi connectivity index (χ1) is 15.4. The quantitative estimate of drug-likeness (QED) is 0.636. The molecule has 0 spiro atoms. The van der Waals surface area contributed by atoms with E-state index in [1.807, 2.05) is 24.3 Å². The first kappa shape index (κ1) is 22.1. The van der Waals surface area contributed by atoms with Gasteiger partial charge in [0.1, 0.15) is 17.3 Å². The molecule has 0 aliphatic carbocycles. The number of hydrogen-bond acceptors (Lipinski definition) is 4. The van der Waals surface area contributed by atoms with Crippen molar-refractivity contribution in [1.82, 2.24) is 19.6 Å². The number of piperazine rings is 1. The summed E-state index contributed by atoms with van der Waals surface area (Å²) in [5, 5.41) is 7.06. The van der Waals surface area contributed by atoms with Crippen LogP contribution in [0, 0.1) is 11.6 Å². The van der Waals surface area contributed by atoms with Gasteiger partial charge in [-0.2, -0.15) is 5.10 Å². The van der Waals surface area contributed by atoms with Gasteiger partial charge in [0.25, 0.3) is 5.91 Å². The molecule has 0 unspecified atom stereocenters. The summed E-state index contributed by atoms with van der Waals surface area (Å²) in [5.41, 5.74) is 2.30. The number of halogens is 2. The zero-order valence-corrected chi connectivity index (χ0v) is 18.3. The average Bonchev–Trinajstić information content (AvgIpc) is 3.17. The molecule has 1 N–H and O–H groups in total. The highest BCUT2D eigenvalue weighted by molar-refractivity contribution is 6.08. The molecule has 1 aliphatic rings. The Bertz CT molecular complexity index is 1090. The number of carbonyl (C=O) groups excluding carboxylic acids is 1. The van der Waals surface area contributed by atoms with Crippen molar-refractivity contribution in [3.05, 3.63) is 71.4 Å². The molecular weight excluding hydrogens is 412 g/mol. The van der Waals surface area contributed by atoms with Gasteiger partial charge in [-0.1, -0.05) is 19.1 Å². The Morgan fingerprint density at radius 1 is 1.03 bits per heavy atom. The van der Waals surface area contributed by atoms with E-state index >= 15 is 0 Å². The van der Waals surface area contributed by atoms with Crippen molar-refractivity contribution >= 4 is 11.6 Å². The van der Waals surface area contributed by atoms with Gasteiger partial charge in [0.2, 0.25) is 0 Å². The third kappa shape index (κ3) is 5.03. The van der Waals surface area contributed by atoms with Crippen LogP contribution in [0.3, 0.4) is 0 Å². The fourth-order valence-corrected chi connectivity index (χ4v) is 3.95. The van der Waals surface area contributed by atoms with Crippen LogP contribution >= 0.6 is 0 Å². The summed E-state index contributed by atoms with van der Waals surface area (Å²) in [6, 6.07) is 11.0. The normalized spacial score (nSPS) is 15.1. The topological polar surface area (TPSA) is 53.4 Å². The lowest BCUT2D eigenvalue weighted by atomic mass is 10.1. The zero-order valence-electron chi connectivity index (χ0n) is 18.3. The fourth-order valence-electron chi connectivity index (χ4n) is 3.95. The predicted molar refractivity (Wildman–Crippen MR) is 120 cm³/mol. The fraction of sp³-hybridized carbons (Fsp3) is 0.333. The predicted octanol–water partition coefficient (Wildman–Crippen LogP) is 3.76. The Hall–Kier alpha value is -3.10. The first-order valence-corrected chi connectivity index (χ1v) is 10.8. The molecule has 1 saturated heterocycles. The van der Waals surface area contributed by atoms with Crippen molar-refractivity contribution in [1.29, 1.82) is 0 Å². The minimum atomic E-state index is -0.762. The summed E-state index contributed by atoms with van der Waals surface area (Å²) in [6.07, 6.45) is 1.53. The highest BCUT2D eigenvalue weighted by atomic mass is 19.1. The second-order valence-corrected chi connectivity index (χ2v) is 8.05. The monoisotopic (exact) mass is 439 g/mol. The number of nitrogens with one attached hydrogen (secondary N) is 1. The Morgan fingerprint density at radius 2 is 1.72 bits per heavy atom. The van der Waals surface area contributed by atoms with E-state index in [-0.39, 0.29) is 16.8 Å². The highest BCUT2D eigenvalue weighted by Gasteiger charge is 2.20. The van der Waals surface area contributed by atoms with E-state index in [1.54, 1.807) is 7.05 Å². The number of benzene rings is 2. The number of carbonyl (C=O) groups is 1. The van der Waals surface area contributed by atoms with Gasteiger partial charge in [0.15, 0.2) is 0 Å². The van der Waals surface area contributed by atoms with E-state index in [1.165, 1.54) is 22.5 Å². The van der Waals surface area contributed by atoms with Crippen molar-refractivity contribution in [2.24, 2.45) is 7.05 Å². The second-order valence-electron chi connectivity index (χ2n) is 8.05. The Morgan fingerprint density at radius 3 is 2.38 bits per heavy atom. The summed E-state index contributed by atoms with van der Waals surface area (Å²) in [5.74, 6) is -1.84. The molecule has 2 aromatic carbocycles. The van der Waals surface area contributed by atoms with Crippen molar-refractivity contribution in [3.8, 4) is 11.3 Å². The second kappa shape index (κ2) is 9.58. The van der Waals surface area contributed by atoms with E-state index in [2.05, 4.69) is 27.1 Å². The average molecular weight is 440 g/mol. The number of aromatic nitrogens is 2. The van der Waals surface area contributed by atoms with Gasteiger partial charge in [0, 0.05) is 63.3 Å². The molecule has 1 aromatic heterocycles. The highest BCUT2D eigenvalue weighted by Crippen LogP contribution is 2.26. The van der Waals surface area contributed by atoms with E-state index < -0.39 is 17.5 Å². The Labute approximate surface area is 186 Å². The largest absolute Gasteiger partial charge is 0.322 e. The molecule has 2 heterocycles. The number of aryl methyl sites for hydroxylation is 1. The maximum absolute atomic E-state index is 14.3. The summed E-state index contributed by atoms with van der Waals surface area (Å²) < 4.78 is 29.0. The molecule has 168 valence electrons. The molecule has 0 saturated carbocycles. The van der Waals surface area contributed by atoms with E-state index in [4.69, 9.17) is 0 Å². The van der Waals surface area contributed by atoms with Crippen molar-refractivity contribution in [2.45, 2.75) is 13.5 Å². The third-order valence-corrected chi connectivity index (χ3v) is 5.79. The minimum absolute atomic E-state index is 0.0793. The van der Waals surface area contributed by atoms with Crippen molar-refractivity contribution < 1.29 is 13.6 Å². The maximum atomic E-state index is 14.3. The Kier molecular flexibility index (Phi) is 6.62. The maximum Gasteiger partial charge on any atom is 0.259 e. The molecule has 0 bridgehead atoms. The van der Waals surface area contributed by atoms with E-state index in [9.17, 15) is 13.6 Å². The van der Waals surface area contributed by atoms with Gasteiger partial charge in [-0.3, -0.25) is 14.4 Å². The van der Waals surface area contributed by atoms with Gasteiger partial charge in [0.05, 0.1) is 5.56 Å². The molecule has 4 rings (SSSR count). The molecule has 1 aliphatic heterocycles. The SMILES string of the molecule is CCN1CCN(Cc2ccc(NC(=O)c3cn(C)nc3-c3ccc(F)cc3F)cc2)CC1. The van der Waals surface area contributed by atoms with Gasteiger partial charge in [-0.25, -0.2) is 8.78 Å². The number of likely N-dealkylation sites (N-methyl/N-ethyl adjacent to an activating group) is 1. The lowest BCUT2D eigenvalue weighted by Gasteiger charge is -2.34. The summed E-state index contributed by atoms with van der Waals surface area (Å²) in [6.45, 7) is 8.44. The Balaban J connectivity index is 1.43. The van der Waals surface area contributed by atoms with Crippen LogP contribution in [0.5, 0.6) is 0 Å². The van der Waals surface area contributed by atoms with E-state index in [0.29, 0.717) is 5.69 Å².